The minimum absolute atomic E-state index is 0. The topological polar surface area (TPSA) is 115 Å². The predicted molar refractivity (Wildman–Crippen MR) is 109 cm³/mol. The van der Waals surface area contributed by atoms with Gasteiger partial charge in [-0.2, -0.15) is 0 Å². The van der Waals surface area contributed by atoms with Crippen LogP contribution in [0, 0.1) is 6.92 Å². The molecule has 2 aromatic carbocycles. The van der Waals surface area contributed by atoms with E-state index in [2.05, 4.69) is 19.9 Å². The summed E-state index contributed by atoms with van der Waals surface area (Å²) in [6.07, 6.45) is 2.73. The maximum Gasteiger partial charge on any atom is 0.175 e. The first kappa shape index (κ1) is 17.2. The third kappa shape index (κ3) is 3.26. The number of sulfone groups is 1. The number of H-pyrrole nitrogens is 1. The SMILES string of the molecule is Cc1ccc2nc(-c3nc(-c4ccc(S(C)(=O)=O)cc4)cnc3N)[nH]c2c1.[HH].[HH]. The predicted octanol–water partition coefficient (Wildman–Crippen LogP) is 3.47. The van der Waals surface area contributed by atoms with Crippen LogP contribution in [-0.2, 0) is 9.84 Å². The van der Waals surface area contributed by atoms with Crippen molar-refractivity contribution in [3.8, 4) is 22.8 Å². The molecule has 0 aliphatic carbocycles. The second kappa shape index (κ2) is 6.17. The monoisotopic (exact) mass is 383 g/mol. The number of hydrogen-bond acceptors (Lipinski definition) is 6. The number of imidazole rings is 1. The van der Waals surface area contributed by atoms with E-state index in [1.165, 1.54) is 6.26 Å². The molecule has 2 aromatic heterocycles. The molecule has 0 aliphatic heterocycles. The second-order valence-electron chi connectivity index (χ2n) is 6.39. The molecule has 0 bridgehead atoms. The normalized spacial score (nSPS) is 11.8. The number of nitrogens with two attached hydrogens (primary N) is 1. The first-order chi connectivity index (χ1) is 12.8. The molecule has 0 fully saturated rings. The average Bonchev–Trinajstić information content (AvgIpc) is 3.04. The molecule has 0 atom stereocenters. The molecule has 4 aromatic rings. The van der Waals surface area contributed by atoms with E-state index >= 15 is 0 Å². The molecule has 2 heterocycles. The minimum atomic E-state index is -3.25. The van der Waals surface area contributed by atoms with Crippen LogP contribution in [0.25, 0.3) is 33.8 Å². The van der Waals surface area contributed by atoms with E-state index in [0.717, 1.165) is 22.2 Å². The van der Waals surface area contributed by atoms with Crippen molar-refractivity contribution in [2.45, 2.75) is 11.8 Å². The van der Waals surface area contributed by atoms with Crippen LogP contribution < -0.4 is 5.73 Å². The van der Waals surface area contributed by atoms with Crippen LogP contribution >= 0.6 is 0 Å². The number of aromatic amines is 1. The highest BCUT2D eigenvalue weighted by molar-refractivity contribution is 7.90. The van der Waals surface area contributed by atoms with Gasteiger partial charge in [-0.15, -0.1) is 0 Å². The molecule has 3 N–H and O–H groups in total. The molecule has 0 radical (unpaired) electrons. The summed E-state index contributed by atoms with van der Waals surface area (Å²) >= 11 is 0. The van der Waals surface area contributed by atoms with Gasteiger partial charge in [0.25, 0.3) is 0 Å². The molecule has 4 rings (SSSR count). The van der Waals surface area contributed by atoms with Gasteiger partial charge < -0.3 is 10.7 Å². The molecular formula is C19H21N5O2S. The number of nitrogen functional groups attached to an aromatic ring is 1. The van der Waals surface area contributed by atoms with E-state index in [9.17, 15) is 8.42 Å². The van der Waals surface area contributed by atoms with Crippen LogP contribution in [-0.4, -0.2) is 34.6 Å². The van der Waals surface area contributed by atoms with Crippen molar-refractivity contribution in [3.63, 3.8) is 0 Å². The van der Waals surface area contributed by atoms with E-state index < -0.39 is 9.84 Å². The molecule has 0 spiro atoms. The van der Waals surface area contributed by atoms with Gasteiger partial charge in [0.2, 0.25) is 0 Å². The average molecular weight is 383 g/mol. The van der Waals surface area contributed by atoms with Crippen molar-refractivity contribution in [2.75, 3.05) is 12.0 Å². The Morgan fingerprint density at radius 3 is 2.52 bits per heavy atom. The maximum atomic E-state index is 11.6. The zero-order chi connectivity index (χ0) is 19.2. The number of nitrogens with one attached hydrogen (secondary N) is 1. The van der Waals surface area contributed by atoms with Gasteiger partial charge in [-0.1, -0.05) is 18.2 Å². The van der Waals surface area contributed by atoms with Crippen LogP contribution in [0.4, 0.5) is 5.82 Å². The molecule has 0 aliphatic rings. The van der Waals surface area contributed by atoms with E-state index in [0.29, 0.717) is 17.2 Å². The molecule has 0 saturated heterocycles. The highest BCUT2D eigenvalue weighted by Crippen LogP contribution is 2.27. The van der Waals surface area contributed by atoms with Gasteiger partial charge in [0.15, 0.2) is 21.5 Å². The Morgan fingerprint density at radius 1 is 1.07 bits per heavy atom. The molecule has 0 saturated carbocycles. The van der Waals surface area contributed by atoms with E-state index in [1.807, 2.05) is 25.1 Å². The van der Waals surface area contributed by atoms with Gasteiger partial charge in [0, 0.05) is 14.7 Å². The quantitative estimate of drug-likeness (QED) is 0.560. The van der Waals surface area contributed by atoms with E-state index in [4.69, 9.17) is 5.73 Å². The first-order valence-corrected chi connectivity index (χ1v) is 10.1. The van der Waals surface area contributed by atoms with E-state index in [1.54, 1.807) is 30.5 Å². The summed E-state index contributed by atoms with van der Waals surface area (Å²) in [6.45, 7) is 2.01. The highest BCUT2D eigenvalue weighted by atomic mass is 32.2. The van der Waals surface area contributed by atoms with Crippen LogP contribution in [0.1, 0.15) is 8.42 Å². The lowest BCUT2D eigenvalue weighted by Gasteiger charge is -2.06. The first-order valence-electron chi connectivity index (χ1n) is 8.21. The number of aromatic nitrogens is 4. The van der Waals surface area contributed by atoms with Gasteiger partial charge in [-0.25, -0.2) is 23.4 Å². The molecule has 8 heteroatoms. The van der Waals surface area contributed by atoms with Crippen LogP contribution in [0.15, 0.2) is 53.6 Å². The Morgan fingerprint density at radius 2 is 1.81 bits per heavy atom. The summed E-state index contributed by atoms with van der Waals surface area (Å²) in [6, 6.07) is 12.4. The number of benzene rings is 2. The van der Waals surface area contributed by atoms with Gasteiger partial charge in [-0.05, 0) is 36.8 Å². The van der Waals surface area contributed by atoms with Gasteiger partial charge in [0.05, 0.1) is 27.8 Å². The number of aryl methyl sites for hydroxylation is 1. The number of fused-ring (bicyclic) bond motifs is 1. The highest BCUT2D eigenvalue weighted by Gasteiger charge is 2.14. The Kier molecular flexibility index (Phi) is 3.92. The fourth-order valence-electron chi connectivity index (χ4n) is 2.82. The largest absolute Gasteiger partial charge is 0.382 e. The third-order valence-corrected chi connectivity index (χ3v) is 5.37. The number of hydrogen-bond donors (Lipinski definition) is 2. The fraction of sp³-hybridized carbons (Fsp3) is 0.105. The van der Waals surface area contributed by atoms with Gasteiger partial charge in [0.1, 0.15) is 5.69 Å². The second-order valence-corrected chi connectivity index (χ2v) is 8.41. The third-order valence-electron chi connectivity index (χ3n) is 4.24. The summed E-state index contributed by atoms with van der Waals surface area (Å²) in [5.74, 6) is 0.803. The Bertz CT molecular complexity index is 1270. The number of rotatable bonds is 3. The van der Waals surface area contributed by atoms with Crippen LogP contribution in [0.5, 0.6) is 0 Å². The van der Waals surface area contributed by atoms with E-state index in [-0.39, 0.29) is 13.6 Å². The molecule has 140 valence electrons. The van der Waals surface area contributed by atoms with Crippen molar-refractivity contribution < 1.29 is 11.3 Å². The lowest BCUT2D eigenvalue weighted by Crippen LogP contribution is -2.00. The Hall–Kier alpha value is -3.26. The summed E-state index contributed by atoms with van der Waals surface area (Å²) < 4.78 is 23.2. The molecule has 27 heavy (non-hydrogen) atoms. The summed E-state index contributed by atoms with van der Waals surface area (Å²) in [7, 11) is -3.25. The maximum absolute atomic E-state index is 11.6. The van der Waals surface area contributed by atoms with Gasteiger partial charge in [-0.3, -0.25) is 0 Å². The molecular weight excluding hydrogens is 362 g/mol. The van der Waals surface area contributed by atoms with Crippen LogP contribution in [0.3, 0.4) is 0 Å². The van der Waals surface area contributed by atoms with Crippen molar-refractivity contribution in [2.24, 2.45) is 0 Å². The fourth-order valence-corrected chi connectivity index (χ4v) is 3.45. The Labute approximate surface area is 159 Å². The molecule has 0 amide bonds. The molecule has 7 nitrogen and oxygen atoms in total. The van der Waals surface area contributed by atoms with Gasteiger partial charge >= 0.3 is 0 Å². The number of nitrogens with zero attached hydrogens (tertiary/aromatic N) is 3. The standard InChI is InChI=1S/C19H17N5O2S.2H2/c1-11-3-8-14-15(9-11)24-19(23-14)17-18(20)21-10-16(22-17)12-4-6-13(7-5-12)27(2,25)26;;/h3-10H,1-2H3,(H2,20,21)(H,23,24);2*1H. The minimum Gasteiger partial charge on any atom is -0.382 e. The number of anilines is 1. The smallest absolute Gasteiger partial charge is 0.175 e. The lowest BCUT2D eigenvalue weighted by atomic mass is 10.1. The van der Waals surface area contributed by atoms with Crippen molar-refractivity contribution >= 4 is 26.7 Å². The van der Waals surface area contributed by atoms with Crippen molar-refractivity contribution in [1.82, 2.24) is 19.9 Å². The lowest BCUT2D eigenvalue weighted by molar-refractivity contribution is 0.602. The summed E-state index contributed by atoms with van der Waals surface area (Å²) in [5, 5.41) is 0. The van der Waals surface area contributed by atoms with Crippen LogP contribution in [0.2, 0.25) is 0 Å². The Balaban J connectivity index is 0.00000150. The zero-order valence-corrected chi connectivity index (χ0v) is 15.6. The molecule has 0 unspecified atom stereocenters. The van der Waals surface area contributed by atoms with Crippen molar-refractivity contribution in [1.29, 1.82) is 0 Å². The zero-order valence-electron chi connectivity index (χ0n) is 14.8. The summed E-state index contributed by atoms with van der Waals surface area (Å²) in [4.78, 5) is 16.8. The van der Waals surface area contributed by atoms with Crippen molar-refractivity contribution in [3.05, 3.63) is 54.2 Å². The summed E-state index contributed by atoms with van der Waals surface area (Å²) in [5.41, 5.74) is 10.6.